The summed E-state index contributed by atoms with van der Waals surface area (Å²) in [5.74, 6) is 0.120. The van der Waals surface area contributed by atoms with Crippen molar-refractivity contribution >= 4 is 5.97 Å². The summed E-state index contributed by atoms with van der Waals surface area (Å²) in [4.78, 5) is 12.4. The van der Waals surface area contributed by atoms with Gasteiger partial charge in [-0.05, 0) is 61.1 Å². The first-order valence-electron chi connectivity index (χ1n) is 9.48. The van der Waals surface area contributed by atoms with Crippen molar-refractivity contribution in [2.75, 3.05) is 6.61 Å². The number of ether oxygens (including phenoxy) is 1. The summed E-state index contributed by atoms with van der Waals surface area (Å²) in [6.07, 6.45) is 3.03. The Hall–Kier alpha value is -2.88. The minimum absolute atomic E-state index is 0.296. The Labute approximate surface area is 160 Å². The zero-order valence-corrected chi connectivity index (χ0v) is 16.4. The molecule has 4 nitrogen and oxygen atoms in total. The van der Waals surface area contributed by atoms with Gasteiger partial charge >= 0.3 is 5.97 Å². The summed E-state index contributed by atoms with van der Waals surface area (Å²) in [5.41, 5.74) is 5.71. The van der Waals surface area contributed by atoms with Crippen LogP contribution in [-0.2, 0) is 4.74 Å². The lowest BCUT2D eigenvalue weighted by molar-refractivity contribution is 0.0527. The number of aromatic nitrogens is 2. The molecule has 3 rings (SSSR count). The van der Waals surface area contributed by atoms with Crippen molar-refractivity contribution in [3.63, 3.8) is 0 Å². The molecule has 0 fully saturated rings. The summed E-state index contributed by atoms with van der Waals surface area (Å²) in [7, 11) is 0. The van der Waals surface area contributed by atoms with Gasteiger partial charge in [-0.3, -0.25) is 0 Å². The zero-order chi connectivity index (χ0) is 19.4. The molecule has 0 aliphatic rings. The van der Waals surface area contributed by atoms with Gasteiger partial charge in [-0.25, -0.2) is 9.48 Å². The number of carbonyl (C=O) groups excluding carboxylic acids is 1. The van der Waals surface area contributed by atoms with E-state index >= 15 is 0 Å². The molecule has 4 heteroatoms. The normalized spacial score (nSPS) is 12.0. The minimum Gasteiger partial charge on any atom is -0.462 e. The standard InChI is InChI=1S/C23H26N2O2/c1-5-16(3)19-12-11-18(15-22(19)25-14-13-17(4)24-25)20-9-7-8-10-21(20)23(26)27-6-2/h7-16H,5-6H2,1-4H3. The van der Waals surface area contributed by atoms with Crippen molar-refractivity contribution < 1.29 is 9.53 Å². The second kappa shape index (κ2) is 8.21. The Morgan fingerprint density at radius 1 is 1.15 bits per heavy atom. The fourth-order valence-electron chi connectivity index (χ4n) is 3.22. The van der Waals surface area contributed by atoms with Crippen LogP contribution >= 0.6 is 0 Å². The molecule has 3 aromatic rings. The van der Waals surface area contributed by atoms with E-state index in [-0.39, 0.29) is 5.97 Å². The summed E-state index contributed by atoms with van der Waals surface area (Å²) >= 11 is 0. The van der Waals surface area contributed by atoms with E-state index in [4.69, 9.17) is 4.74 Å². The van der Waals surface area contributed by atoms with Gasteiger partial charge in [-0.1, -0.05) is 44.2 Å². The van der Waals surface area contributed by atoms with E-state index in [1.165, 1.54) is 5.56 Å². The van der Waals surface area contributed by atoms with Crippen molar-refractivity contribution in [1.82, 2.24) is 9.78 Å². The molecule has 2 aromatic carbocycles. The van der Waals surface area contributed by atoms with E-state index in [1.807, 2.05) is 55.1 Å². The molecule has 1 aromatic heterocycles. The maximum atomic E-state index is 12.4. The third-order valence-corrected chi connectivity index (χ3v) is 4.88. The van der Waals surface area contributed by atoms with E-state index in [0.29, 0.717) is 18.1 Å². The molecule has 0 amide bonds. The number of benzene rings is 2. The Morgan fingerprint density at radius 2 is 1.93 bits per heavy atom. The number of hydrogen-bond acceptors (Lipinski definition) is 3. The van der Waals surface area contributed by atoms with Crippen LogP contribution in [0.15, 0.2) is 54.7 Å². The molecule has 1 atom stereocenters. The summed E-state index contributed by atoms with van der Waals surface area (Å²) < 4.78 is 7.16. The lowest BCUT2D eigenvalue weighted by Gasteiger charge is -2.17. The Bertz CT molecular complexity index is 943. The largest absolute Gasteiger partial charge is 0.462 e. The number of aryl methyl sites for hydroxylation is 1. The van der Waals surface area contributed by atoms with Crippen molar-refractivity contribution in [2.24, 2.45) is 0 Å². The number of hydrogen-bond donors (Lipinski definition) is 0. The number of carbonyl (C=O) groups is 1. The molecular weight excluding hydrogens is 336 g/mol. The lowest BCUT2D eigenvalue weighted by atomic mass is 9.92. The maximum Gasteiger partial charge on any atom is 0.338 e. The van der Waals surface area contributed by atoms with Crippen LogP contribution in [-0.4, -0.2) is 22.4 Å². The van der Waals surface area contributed by atoms with Gasteiger partial charge in [0.15, 0.2) is 0 Å². The SMILES string of the molecule is CCOC(=O)c1ccccc1-c1ccc(C(C)CC)c(-n2ccc(C)n2)c1. The smallest absolute Gasteiger partial charge is 0.338 e. The highest BCUT2D eigenvalue weighted by Crippen LogP contribution is 2.32. The van der Waals surface area contributed by atoms with Crippen LogP contribution in [0.4, 0.5) is 0 Å². The van der Waals surface area contributed by atoms with E-state index < -0.39 is 0 Å². The van der Waals surface area contributed by atoms with E-state index in [0.717, 1.165) is 28.9 Å². The highest BCUT2D eigenvalue weighted by Gasteiger charge is 2.17. The van der Waals surface area contributed by atoms with Crippen LogP contribution in [0.25, 0.3) is 16.8 Å². The van der Waals surface area contributed by atoms with Gasteiger partial charge in [0.05, 0.1) is 23.6 Å². The quantitative estimate of drug-likeness (QED) is 0.541. The number of rotatable bonds is 6. The fourth-order valence-corrected chi connectivity index (χ4v) is 3.22. The predicted molar refractivity (Wildman–Crippen MR) is 108 cm³/mol. The topological polar surface area (TPSA) is 44.1 Å². The van der Waals surface area contributed by atoms with Crippen LogP contribution in [0.1, 0.15) is 54.7 Å². The highest BCUT2D eigenvalue weighted by atomic mass is 16.5. The number of esters is 1. The molecule has 140 valence electrons. The molecule has 27 heavy (non-hydrogen) atoms. The molecule has 0 aliphatic carbocycles. The minimum atomic E-state index is -0.296. The van der Waals surface area contributed by atoms with Crippen molar-refractivity contribution in [1.29, 1.82) is 0 Å². The van der Waals surface area contributed by atoms with Gasteiger partial charge in [0.1, 0.15) is 0 Å². The first-order chi connectivity index (χ1) is 13.0. The van der Waals surface area contributed by atoms with E-state index in [9.17, 15) is 4.79 Å². The molecule has 0 spiro atoms. The second-order valence-corrected chi connectivity index (χ2v) is 6.75. The van der Waals surface area contributed by atoms with Crippen LogP contribution in [0, 0.1) is 6.92 Å². The van der Waals surface area contributed by atoms with Gasteiger partial charge in [-0.2, -0.15) is 5.10 Å². The molecule has 1 unspecified atom stereocenters. The predicted octanol–water partition coefficient (Wildman–Crippen LogP) is 5.54. The van der Waals surface area contributed by atoms with Crippen molar-refractivity contribution in [2.45, 2.75) is 40.0 Å². The Morgan fingerprint density at radius 3 is 2.59 bits per heavy atom. The summed E-state index contributed by atoms with van der Waals surface area (Å²) in [6.45, 7) is 8.57. The summed E-state index contributed by atoms with van der Waals surface area (Å²) in [5, 5.41) is 4.61. The van der Waals surface area contributed by atoms with Gasteiger partial charge in [0.2, 0.25) is 0 Å². The van der Waals surface area contributed by atoms with Crippen LogP contribution in [0.3, 0.4) is 0 Å². The molecule has 0 aliphatic heterocycles. The van der Waals surface area contributed by atoms with Crippen LogP contribution in [0.5, 0.6) is 0 Å². The molecule has 0 N–H and O–H groups in total. The first-order valence-corrected chi connectivity index (χ1v) is 9.48. The Kier molecular flexibility index (Phi) is 5.75. The maximum absolute atomic E-state index is 12.4. The highest BCUT2D eigenvalue weighted by molar-refractivity contribution is 5.97. The van der Waals surface area contributed by atoms with Crippen LogP contribution in [0.2, 0.25) is 0 Å². The second-order valence-electron chi connectivity index (χ2n) is 6.75. The molecular formula is C23H26N2O2. The fraction of sp³-hybridized carbons (Fsp3) is 0.304. The number of nitrogens with zero attached hydrogens (tertiary/aromatic N) is 2. The molecule has 0 radical (unpaired) electrons. The van der Waals surface area contributed by atoms with Crippen molar-refractivity contribution in [3.05, 3.63) is 71.5 Å². The first kappa shape index (κ1) is 18.9. The zero-order valence-electron chi connectivity index (χ0n) is 16.4. The average molecular weight is 362 g/mol. The molecule has 0 saturated heterocycles. The average Bonchev–Trinajstić information content (AvgIpc) is 3.13. The third kappa shape index (κ3) is 3.95. The van der Waals surface area contributed by atoms with Gasteiger partial charge in [-0.15, -0.1) is 0 Å². The van der Waals surface area contributed by atoms with Gasteiger partial charge < -0.3 is 4.74 Å². The monoisotopic (exact) mass is 362 g/mol. The van der Waals surface area contributed by atoms with Gasteiger partial charge in [0.25, 0.3) is 0 Å². The molecule has 1 heterocycles. The van der Waals surface area contributed by atoms with Crippen molar-refractivity contribution in [3.8, 4) is 16.8 Å². The van der Waals surface area contributed by atoms with Gasteiger partial charge in [0, 0.05) is 6.20 Å². The molecule has 0 saturated carbocycles. The lowest BCUT2D eigenvalue weighted by Crippen LogP contribution is -2.07. The third-order valence-electron chi connectivity index (χ3n) is 4.88. The van der Waals surface area contributed by atoms with E-state index in [1.54, 1.807) is 0 Å². The Balaban J connectivity index is 2.15. The molecule has 0 bridgehead atoms. The van der Waals surface area contributed by atoms with E-state index in [2.05, 4.69) is 37.1 Å². The van der Waals surface area contributed by atoms with Crippen LogP contribution < -0.4 is 0 Å². The summed E-state index contributed by atoms with van der Waals surface area (Å²) in [6, 6.07) is 15.9.